The summed E-state index contributed by atoms with van der Waals surface area (Å²) in [4.78, 5) is 0. The number of hydrogen-bond donors (Lipinski definition) is 0. The third-order valence-corrected chi connectivity index (χ3v) is 3.35. The Labute approximate surface area is 109 Å². The SMILES string of the molecule is c1ccc2c(c1)Oc1ccccc1C2c1conn1. The zero-order valence-electron chi connectivity index (χ0n) is 9.98. The van der Waals surface area contributed by atoms with Crippen LogP contribution in [0.4, 0.5) is 0 Å². The fourth-order valence-electron chi connectivity index (χ4n) is 2.53. The third kappa shape index (κ3) is 1.53. The molecule has 19 heavy (non-hydrogen) atoms. The molecule has 4 rings (SSSR count). The van der Waals surface area contributed by atoms with Crippen molar-refractivity contribution in [1.29, 1.82) is 0 Å². The van der Waals surface area contributed by atoms with Crippen LogP contribution in [0.5, 0.6) is 11.5 Å². The van der Waals surface area contributed by atoms with E-state index in [4.69, 9.17) is 9.26 Å². The first-order valence-corrected chi connectivity index (χ1v) is 6.06. The van der Waals surface area contributed by atoms with E-state index >= 15 is 0 Å². The number of hydrogen-bond acceptors (Lipinski definition) is 4. The van der Waals surface area contributed by atoms with Crippen LogP contribution in [0.15, 0.2) is 59.3 Å². The third-order valence-electron chi connectivity index (χ3n) is 3.35. The van der Waals surface area contributed by atoms with Gasteiger partial charge < -0.3 is 9.26 Å². The first-order valence-electron chi connectivity index (χ1n) is 6.06. The topological polar surface area (TPSA) is 48.2 Å². The van der Waals surface area contributed by atoms with Crippen LogP contribution >= 0.6 is 0 Å². The summed E-state index contributed by atoms with van der Waals surface area (Å²) >= 11 is 0. The van der Waals surface area contributed by atoms with Gasteiger partial charge in [0, 0.05) is 16.4 Å². The number of benzene rings is 2. The molecule has 92 valence electrons. The Hall–Kier alpha value is -2.62. The molecule has 0 radical (unpaired) electrons. The van der Waals surface area contributed by atoms with Crippen molar-refractivity contribution in [2.75, 3.05) is 0 Å². The van der Waals surface area contributed by atoms with Gasteiger partial charge in [0.2, 0.25) is 0 Å². The van der Waals surface area contributed by atoms with E-state index in [1.54, 1.807) is 6.26 Å². The van der Waals surface area contributed by atoms with Crippen molar-refractivity contribution in [3.05, 3.63) is 71.6 Å². The van der Waals surface area contributed by atoms with Crippen molar-refractivity contribution in [2.45, 2.75) is 5.92 Å². The molecule has 2 heterocycles. The predicted molar refractivity (Wildman–Crippen MR) is 68.2 cm³/mol. The second-order valence-corrected chi connectivity index (χ2v) is 4.44. The first kappa shape index (κ1) is 10.3. The van der Waals surface area contributed by atoms with Crippen molar-refractivity contribution in [3.63, 3.8) is 0 Å². The molecule has 1 aliphatic heterocycles. The van der Waals surface area contributed by atoms with E-state index in [0.717, 1.165) is 28.3 Å². The van der Waals surface area contributed by atoms with Crippen molar-refractivity contribution in [2.24, 2.45) is 0 Å². The number of nitrogens with zero attached hydrogens (tertiary/aromatic N) is 2. The molecule has 0 spiro atoms. The van der Waals surface area contributed by atoms with Gasteiger partial charge in [0.1, 0.15) is 23.5 Å². The Morgan fingerprint density at radius 3 is 2.05 bits per heavy atom. The van der Waals surface area contributed by atoms with E-state index in [1.165, 1.54) is 0 Å². The summed E-state index contributed by atoms with van der Waals surface area (Å²) in [6, 6.07) is 15.9. The van der Waals surface area contributed by atoms with Gasteiger partial charge in [-0.15, -0.1) is 5.10 Å². The smallest absolute Gasteiger partial charge is 0.148 e. The summed E-state index contributed by atoms with van der Waals surface area (Å²) < 4.78 is 10.8. The van der Waals surface area contributed by atoms with Gasteiger partial charge in [-0.1, -0.05) is 36.4 Å². The van der Waals surface area contributed by atoms with Gasteiger partial charge >= 0.3 is 0 Å². The summed E-state index contributed by atoms with van der Waals surface area (Å²) in [6.45, 7) is 0. The normalized spacial score (nSPS) is 13.5. The van der Waals surface area contributed by atoms with Crippen molar-refractivity contribution in [3.8, 4) is 11.5 Å². The average Bonchev–Trinajstić information content (AvgIpc) is 2.98. The van der Waals surface area contributed by atoms with Crippen LogP contribution in [-0.4, -0.2) is 10.4 Å². The highest BCUT2D eigenvalue weighted by Gasteiger charge is 2.30. The molecule has 0 fully saturated rings. The Morgan fingerprint density at radius 2 is 1.47 bits per heavy atom. The lowest BCUT2D eigenvalue weighted by Gasteiger charge is -2.26. The van der Waals surface area contributed by atoms with Crippen molar-refractivity contribution >= 4 is 0 Å². The lowest BCUT2D eigenvalue weighted by atomic mass is 9.86. The van der Waals surface area contributed by atoms with Crippen LogP contribution in [0.1, 0.15) is 22.7 Å². The van der Waals surface area contributed by atoms with Crippen LogP contribution in [-0.2, 0) is 0 Å². The molecule has 4 heteroatoms. The lowest BCUT2D eigenvalue weighted by Crippen LogP contribution is -2.11. The maximum absolute atomic E-state index is 5.93. The molecular weight excluding hydrogens is 240 g/mol. The number of rotatable bonds is 1. The zero-order chi connectivity index (χ0) is 12.7. The standard InChI is InChI=1S/C15H10N2O2/c1-3-7-13-10(5-1)15(12-9-18-17-16-12)11-6-2-4-8-14(11)19-13/h1-9,15H. The number of aromatic nitrogens is 2. The van der Waals surface area contributed by atoms with E-state index in [2.05, 4.69) is 10.4 Å². The first-order chi connectivity index (χ1) is 9.43. The van der Waals surface area contributed by atoms with Gasteiger partial charge in [-0.05, 0) is 12.1 Å². The molecule has 0 saturated heterocycles. The van der Waals surface area contributed by atoms with Gasteiger partial charge in [0.05, 0.1) is 5.92 Å². The monoisotopic (exact) mass is 250 g/mol. The van der Waals surface area contributed by atoms with Gasteiger partial charge in [-0.25, -0.2) is 0 Å². The van der Waals surface area contributed by atoms with E-state index in [1.807, 2.05) is 48.5 Å². The molecule has 0 unspecified atom stereocenters. The van der Waals surface area contributed by atoms with Crippen molar-refractivity contribution < 1.29 is 9.26 Å². The number of ether oxygens (including phenoxy) is 1. The molecule has 0 aliphatic carbocycles. The molecule has 1 aromatic heterocycles. The molecular formula is C15H10N2O2. The van der Waals surface area contributed by atoms with E-state index in [0.29, 0.717) is 0 Å². The highest BCUT2D eigenvalue weighted by molar-refractivity contribution is 5.56. The molecule has 0 saturated carbocycles. The minimum atomic E-state index is 0.00685. The summed E-state index contributed by atoms with van der Waals surface area (Å²) in [6.07, 6.45) is 1.59. The molecule has 3 aromatic rings. The Kier molecular flexibility index (Phi) is 2.14. The van der Waals surface area contributed by atoms with Crippen molar-refractivity contribution in [1.82, 2.24) is 10.4 Å². The number of fused-ring (bicyclic) bond motifs is 2. The Bertz CT molecular complexity index is 677. The molecule has 1 aliphatic rings. The molecule has 0 amide bonds. The van der Waals surface area contributed by atoms with Crippen LogP contribution < -0.4 is 4.74 Å². The van der Waals surface area contributed by atoms with Gasteiger partial charge in [-0.3, -0.25) is 0 Å². The Morgan fingerprint density at radius 1 is 0.842 bits per heavy atom. The maximum Gasteiger partial charge on any atom is 0.148 e. The van der Waals surface area contributed by atoms with E-state index in [-0.39, 0.29) is 5.92 Å². The minimum absolute atomic E-state index is 0.00685. The number of para-hydroxylation sites is 2. The molecule has 0 N–H and O–H groups in total. The summed E-state index contributed by atoms with van der Waals surface area (Å²) in [7, 11) is 0. The molecule has 4 nitrogen and oxygen atoms in total. The predicted octanol–water partition coefficient (Wildman–Crippen LogP) is 3.36. The summed E-state index contributed by atoms with van der Waals surface area (Å²) in [5.41, 5.74) is 2.96. The van der Waals surface area contributed by atoms with E-state index in [9.17, 15) is 0 Å². The van der Waals surface area contributed by atoms with Crippen LogP contribution in [0.25, 0.3) is 0 Å². The van der Waals surface area contributed by atoms with Gasteiger partial charge in [0.25, 0.3) is 0 Å². The minimum Gasteiger partial charge on any atom is -0.457 e. The van der Waals surface area contributed by atoms with E-state index < -0.39 is 0 Å². The summed E-state index contributed by atoms with van der Waals surface area (Å²) in [5.74, 6) is 1.72. The molecule has 0 atom stereocenters. The molecule has 0 bridgehead atoms. The fourth-order valence-corrected chi connectivity index (χ4v) is 2.53. The molecule has 2 aromatic carbocycles. The van der Waals surface area contributed by atoms with Crippen LogP contribution in [0.3, 0.4) is 0 Å². The zero-order valence-corrected chi connectivity index (χ0v) is 9.98. The highest BCUT2D eigenvalue weighted by Crippen LogP contribution is 2.46. The van der Waals surface area contributed by atoms with Gasteiger partial charge in [0.15, 0.2) is 0 Å². The quantitative estimate of drug-likeness (QED) is 0.519. The second-order valence-electron chi connectivity index (χ2n) is 4.44. The maximum atomic E-state index is 5.93. The Balaban J connectivity index is 1.98. The highest BCUT2D eigenvalue weighted by atomic mass is 16.5. The fraction of sp³-hybridized carbons (Fsp3) is 0.0667. The average molecular weight is 250 g/mol. The van der Waals surface area contributed by atoms with Crippen LogP contribution in [0.2, 0.25) is 0 Å². The van der Waals surface area contributed by atoms with Crippen LogP contribution in [0, 0.1) is 0 Å². The van der Waals surface area contributed by atoms with Gasteiger partial charge in [-0.2, -0.15) is 0 Å². The second kappa shape index (κ2) is 3.95. The lowest BCUT2D eigenvalue weighted by molar-refractivity contribution is 0.392. The largest absolute Gasteiger partial charge is 0.457 e. The summed E-state index contributed by atoms with van der Waals surface area (Å²) in [5, 5.41) is 7.64.